The molecule has 0 unspecified atom stereocenters. The first-order valence-electron chi connectivity index (χ1n) is 7.08. The van der Waals surface area contributed by atoms with E-state index in [0.29, 0.717) is 13.0 Å². The molecule has 1 aliphatic heterocycles. The van der Waals surface area contributed by atoms with E-state index in [1.54, 1.807) is 0 Å². The van der Waals surface area contributed by atoms with Gasteiger partial charge in [-0.05, 0) is 27.2 Å². The van der Waals surface area contributed by atoms with E-state index >= 15 is 0 Å². The highest BCUT2D eigenvalue weighted by molar-refractivity contribution is 8.00. The normalized spacial score (nSPS) is 20.0. The van der Waals surface area contributed by atoms with Crippen LogP contribution in [-0.4, -0.2) is 68.0 Å². The topological polar surface area (TPSA) is 61.8 Å². The average molecular weight is 322 g/mol. The van der Waals surface area contributed by atoms with Crippen molar-refractivity contribution >= 4 is 27.6 Å². The number of sulfone groups is 1. The molecule has 1 rings (SSSR count). The van der Waals surface area contributed by atoms with Crippen LogP contribution >= 0.6 is 11.8 Å². The smallest absolute Gasteiger partial charge is 0.193 e. The fourth-order valence-corrected chi connectivity index (χ4v) is 3.90. The van der Waals surface area contributed by atoms with Crippen LogP contribution in [0.2, 0.25) is 0 Å². The van der Waals surface area contributed by atoms with Crippen molar-refractivity contribution in [3.63, 3.8) is 0 Å². The average Bonchev–Trinajstić information content (AvgIpc) is 2.30. The summed E-state index contributed by atoms with van der Waals surface area (Å²) in [5, 5.41) is 3.30. The van der Waals surface area contributed by atoms with Crippen LogP contribution in [0.4, 0.5) is 0 Å². The maximum atomic E-state index is 11.1. The van der Waals surface area contributed by atoms with Gasteiger partial charge < -0.3 is 10.2 Å². The van der Waals surface area contributed by atoms with Crippen LogP contribution in [0.25, 0.3) is 0 Å². The van der Waals surface area contributed by atoms with Crippen molar-refractivity contribution in [3.8, 4) is 0 Å². The zero-order chi connectivity index (χ0) is 15.2. The van der Waals surface area contributed by atoms with Crippen molar-refractivity contribution in [2.45, 2.75) is 31.9 Å². The molecule has 0 saturated carbocycles. The second kappa shape index (κ2) is 7.54. The Hall–Kier alpha value is -0.430. The molecule has 0 aromatic heterocycles. The predicted molar refractivity (Wildman–Crippen MR) is 88.4 cm³/mol. The Bertz CT molecular complexity index is 433. The van der Waals surface area contributed by atoms with Gasteiger partial charge in [0.05, 0.1) is 5.75 Å². The summed E-state index contributed by atoms with van der Waals surface area (Å²) >= 11 is 1.99. The SMILES string of the molecule is CCNC(=NCCCS(C)(=O)=O)N1CCSC(C)(C)C1. The molecule has 1 aliphatic rings. The van der Waals surface area contributed by atoms with Crippen LogP contribution in [0.15, 0.2) is 4.99 Å². The summed E-state index contributed by atoms with van der Waals surface area (Å²) in [5.74, 6) is 2.22. The zero-order valence-electron chi connectivity index (χ0n) is 13.0. The lowest BCUT2D eigenvalue weighted by Gasteiger charge is -2.39. The lowest BCUT2D eigenvalue weighted by Crippen LogP contribution is -2.51. The lowest BCUT2D eigenvalue weighted by molar-refractivity contribution is 0.376. The molecule has 7 heteroatoms. The van der Waals surface area contributed by atoms with E-state index in [0.717, 1.165) is 31.3 Å². The Morgan fingerprint density at radius 3 is 2.70 bits per heavy atom. The summed E-state index contributed by atoms with van der Waals surface area (Å²) in [7, 11) is -2.88. The molecule has 0 atom stereocenters. The highest BCUT2D eigenvalue weighted by atomic mass is 32.2. The molecule has 0 spiro atoms. The number of thioether (sulfide) groups is 1. The second-order valence-corrected chi connectivity index (χ2v) is 9.81. The van der Waals surface area contributed by atoms with Gasteiger partial charge in [0, 0.05) is 42.9 Å². The Labute approximate surface area is 127 Å². The molecule has 1 fully saturated rings. The van der Waals surface area contributed by atoms with Gasteiger partial charge in [0.2, 0.25) is 0 Å². The van der Waals surface area contributed by atoms with E-state index in [9.17, 15) is 8.42 Å². The number of nitrogens with one attached hydrogen (secondary N) is 1. The van der Waals surface area contributed by atoms with Crippen molar-refractivity contribution in [2.75, 3.05) is 43.9 Å². The molecule has 0 aromatic rings. The van der Waals surface area contributed by atoms with Crippen LogP contribution in [-0.2, 0) is 9.84 Å². The van der Waals surface area contributed by atoms with Crippen molar-refractivity contribution in [2.24, 2.45) is 4.99 Å². The first-order chi connectivity index (χ1) is 9.23. The number of rotatable bonds is 5. The quantitative estimate of drug-likeness (QED) is 0.468. The Kier molecular flexibility index (Phi) is 6.64. The van der Waals surface area contributed by atoms with Gasteiger partial charge in [0.15, 0.2) is 5.96 Å². The summed E-state index contributed by atoms with van der Waals surface area (Å²) in [6.07, 6.45) is 1.85. The summed E-state index contributed by atoms with van der Waals surface area (Å²) in [5.41, 5.74) is 0. The number of nitrogens with zero attached hydrogens (tertiary/aromatic N) is 2. The fraction of sp³-hybridized carbons (Fsp3) is 0.923. The molecule has 1 saturated heterocycles. The van der Waals surface area contributed by atoms with E-state index in [1.807, 2.05) is 11.8 Å². The van der Waals surface area contributed by atoms with Crippen LogP contribution < -0.4 is 5.32 Å². The molecule has 0 amide bonds. The minimum absolute atomic E-state index is 0.206. The Morgan fingerprint density at radius 2 is 2.15 bits per heavy atom. The molecule has 0 bridgehead atoms. The van der Waals surface area contributed by atoms with Crippen LogP contribution in [0.3, 0.4) is 0 Å². The number of hydrogen-bond acceptors (Lipinski definition) is 4. The highest BCUT2D eigenvalue weighted by Gasteiger charge is 2.28. The third-order valence-electron chi connectivity index (χ3n) is 2.99. The summed E-state index contributed by atoms with van der Waals surface area (Å²) < 4.78 is 22.5. The minimum Gasteiger partial charge on any atom is -0.357 e. The third kappa shape index (κ3) is 6.83. The first-order valence-corrected chi connectivity index (χ1v) is 10.1. The first kappa shape index (κ1) is 17.6. The van der Waals surface area contributed by atoms with Gasteiger partial charge in [-0.1, -0.05) is 0 Å². The molecular weight excluding hydrogens is 294 g/mol. The molecule has 0 aromatic carbocycles. The van der Waals surface area contributed by atoms with E-state index in [-0.39, 0.29) is 10.5 Å². The molecule has 1 heterocycles. The van der Waals surface area contributed by atoms with Crippen LogP contribution in [0.1, 0.15) is 27.2 Å². The standard InChI is InChI=1S/C13H27N3O2S2/c1-5-14-12(15-7-6-10-20(4,17)18)16-8-9-19-13(2,3)11-16/h5-11H2,1-4H3,(H,14,15). The highest BCUT2D eigenvalue weighted by Crippen LogP contribution is 2.29. The number of guanidine groups is 1. The van der Waals surface area contributed by atoms with Gasteiger partial charge in [-0.2, -0.15) is 11.8 Å². The largest absolute Gasteiger partial charge is 0.357 e. The van der Waals surface area contributed by atoms with Crippen LogP contribution in [0.5, 0.6) is 0 Å². The van der Waals surface area contributed by atoms with Gasteiger partial charge in [-0.25, -0.2) is 8.42 Å². The van der Waals surface area contributed by atoms with Gasteiger partial charge >= 0.3 is 0 Å². The lowest BCUT2D eigenvalue weighted by atomic mass is 10.2. The minimum atomic E-state index is -2.88. The monoisotopic (exact) mass is 321 g/mol. The van der Waals surface area contributed by atoms with Crippen molar-refractivity contribution < 1.29 is 8.42 Å². The van der Waals surface area contributed by atoms with E-state index in [1.165, 1.54) is 6.26 Å². The summed E-state index contributed by atoms with van der Waals surface area (Å²) in [4.78, 5) is 6.84. The predicted octanol–water partition coefficient (Wildman–Crippen LogP) is 1.21. The van der Waals surface area contributed by atoms with Crippen molar-refractivity contribution in [1.29, 1.82) is 0 Å². The second-order valence-electron chi connectivity index (χ2n) is 5.75. The van der Waals surface area contributed by atoms with Crippen molar-refractivity contribution in [3.05, 3.63) is 0 Å². The molecule has 5 nitrogen and oxygen atoms in total. The molecule has 0 aliphatic carbocycles. The third-order valence-corrected chi connectivity index (χ3v) is 5.32. The van der Waals surface area contributed by atoms with Gasteiger partial charge in [-0.15, -0.1) is 0 Å². The van der Waals surface area contributed by atoms with Crippen LogP contribution in [0, 0.1) is 0 Å². The Morgan fingerprint density at radius 1 is 1.45 bits per heavy atom. The summed E-state index contributed by atoms with van der Waals surface area (Å²) in [6.45, 7) is 9.89. The zero-order valence-corrected chi connectivity index (χ0v) is 14.6. The number of hydrogen-bond donors (Lipinski definition) is 1. The van der Waals surface area contributed by atoms with Gasteiger partial charge in [0.1, 0.15) is 9.84 Å². The van der Waals surface area contributed by atoms with Gasteiger partial charge in [0.25, 0.3) is 0 Å². The molecule has 0 radical (unpaired) electrons. The summed E-state index contributed by atoms with van der Waals surface area (Å²) in [6, 6.07) is 0. The van der Waals surface area contributed by atoms with Crippen molar-refractivity contribution in [1.82, 2.24) is 10.2 Å². The molecule has 1 N–H and O–H groups in total. The molecule has 20 heavy (non-hydrogen) atoms. The maximum Gasteiger partial charge on any atom is 0.193 e. The van der Waals surface area contributed by atoms with Gasteiger partial charge in [-0.3, -0.25) is 4.99 Å². The van der Waals surface area contributed by atoms with E-state index < -0.39 is 9.84 Å². The Balaban J connectivity index is 2.58. The van der Waals surface area contributed by atoms with E-state index in [2.05, 4.69) is 36.0 Å². The molecular formula is C13H27N3O2S2. The maximum absolute atomic E-state index is 11.1. The fourth-order valence-electron chi connectivity index (χ4n) is 2.13. The van der Waals surface area contributed by atoms with E-state index in [4.69, 9.17) is 0 Å². The molecule has 118 valence electrons. The number of aliphatic imine (C=N–C) groups is 1.